The molecule has 2 unspecified atom stereocenters. The molecule has 0 aromatic heterocycles. The highest BCUT2D eigenvalue weighted by atomic mass is 32.2. The van der Waals surface area contributed by atoms with E-state index in [2.05, 4.69) is 34.0 Å². The highest BCUT2D eigenvalue weighted by molar-refractivity contribution is 7.99. The fraction of sp³-hybridized carbons (Fsp3) is 0.600. The van der Waals surface area contributed by atoms with Gasteiger partial charge in [-0.25, -0.2) is 0 Å². The van der Waals surface area contributed by atoms with E-state index >= 15 is 0 Å². The summed E-state index contributed by atoms with van der Waals surface area (Å²) in [5.41, 5.74) is 2.56. The van der Waals surface area contributed by atoms with Gasteiger partial charge in [0.25, 0.3) is 0 Å². The van der Waals surface area contributed by atoms with Crippen LogP contribution in [0.3, 0.4) is 0 Å². The molecule has 1 aliphatic carbocycles. The van der Waals surface area contributed by atoms with E-state index in [1.54, 1.807) is 0 Å². The van der Waals surface area contributed by atoms with Gasteiger partial charge in [-0.2, -0.15) is 11.8 Å². The number of nitrogens with one attached hydrogen (secondary N) is 2. The van der Waals surface area contributed by atoms with Crippen molar-refractivity contribution in [3.05, 3.63) is 35.4 Å². The number of guanidine groups is 1. The van der Waals surface area contributed by atoms with Gasteiger partial charge in [0.05, 0.1) is 0 Å². The summed E-state index contributed by atoms with van der Waals surface area (Å²) < 4.78 is 0. The first-order chi connectivity index (χ1) is 12.7. The quantitative estimate of drug-likeness (QED) is 0.457. The van der Waals surface area contributed by atoms with Gasteiger partial charge in [-0.3, -0.25) is 9.79 Å². The molecule has 1 heterocycles. The fourth-order valence-corrected chi connectivity index (χ4v) is 4.58. The Morgan fingerprint density at radius 2 is 2.00 bits per heavy atom. The van der Waals surface area contributed by atoms with Crippen molar-refractivity contribution >= 4 is 23.6 Å². The molecule has 142 valence electrons. The van der Waals surface area contributed by atoms with Gasteiger partial charge in [-0.15, -0.1) is 0 Å². The summed E-state index contributed by atoms with van der Waals surface area (Å²) in [5, 5.41) is 7.64. The number of hydrogen-bond acceptors (Lipinski definition) is 3. The third kappa shape index (κ3) is 4.93. The predicted molar refractivity (Wildman–Crippen MR) is 109 cm³/mol. The van der Waals surface area contributed by atoms with Crippen LogP contribution in [0, 0.1) is 0 Å². The Kier molecular flexibility index (Phi) is 6.83. The predicted octanol–water partition coefficient (Wildman–Crippen LogP) is 2.76. The van der Waals surface area contributed by atoms with Crippen LogP contribution in [0.25, 0.3) is 0 Å². The summed E-state index contributed by atoms with van der Waals surface area (Å²) in [5.74, 6) is 1.10. The lowest BCUT2D eigenvalue weighted by Crippen LogP contribution is -2.43. The Hall–Kier alpha value is -1.69. The molecule has 1 aromatic carbocycles. The molecule has 1 amide bonds. The van der Waals surface area contributed by atoms with E-state index in [1.165, 1.54) is 30.4 Å². The van der Waals surface area contributed by atoms with E-state index < -0.39 is 0 Å². The Balaban J connectivity index is 1.34. The van der Waals surface area contributed by atoms with Crippen LogP contribution in [0.4, 0.5) is 0 Å². The molecule has 0 saturated heterocycles. The summed E-state index contributed by atoms with van der Waals surface area (Å²) in [6, 6.07) is 8.83. The van der Waals surface area contributed by atoms with Gasteiger partial charge in [-0.1, -0.05) is 24.3 Å². The van der Waals surface area contributed by atoms with Gasteiger partial charge in [0.2, 0.25) is 5.91 Å². The molecular formula is C20H30N4OS. The number of fused-ring (bicyclic) bond motifs is 1. The first kappa shape index (κ1) is 19.1. The molecule has 1 aliphatic heterocycles. The van der Waals surface area contributed by atoms with Crippen molar-refractivity contribution in [2.75, 3.05) is 19.8 Å². The van der Waals surface area contributed by atoms with Gasteiger partial charge in [-0.05, 0) is 43.1 Å². The van der Waals surface area contributed by atoms with E-state index in [9.17, 15) is 4.79 Å². The molecule has 1 fully saturated rings. The van der Waals surface area contributed by atoms with Crippen molar-refractivity contribution < 1.29 is 4.79 Å². The molecule has 2 atom stereocenters. The van der Waals surface area contributed by atoms with Gasteiger partial charge in [0.1, 0.15) is 0 Å². The maximum atomic E-state index is 12.4. The number of carbonyl (C=O) groups excluding carboxylic acids is 1. The zero-order chi connectivity index (χ0) is 18.4. The summed E-state index contributed by atoms with van der Waals surface area (Å²) in [6.07, 6.45) is 7.29. The van der Waals surface area contributed by atoms with Crippen LogP contribution >= 0.6 is 11.8 Å². The van der Waals surface area contributed by atoms with E-state index in [0.29, 0.717) is 12.5 Å². The number of benzene rings is 1. The molecule has 3 rings (SSSR count). The van der Waals surface area contributed by atoms with Gasteiger partial charge < -0.3 is 15.5 Å². The molecule has 5 nitrogen and oxygen atoms in total. The minimum atomic E-state index is 0.240. The van der Waals surface area contributed by atoms with Gasteiger partial charge in [0.15, 0.2) is 5.96 Å². The lowest BCUT2D eigenvalue weighted by Gasteiger charge is -2.18. The van der Waals surface area contributed by atoms with Gasteiger partial charge in [0, 0.05) is 44.4 Å². The third-order valence-corrected chi connectivity index (χ3v) is 6.43. The number of amides is 1. The number of thioether (sulfide) groups is 1. The van der Waals surface area contributed by atoms with Crippen molar-refractivity contribution in [1.29, 1.82) is 0 Å². The molecule has 0 spiro atoms. The summed E-state index contributed by atoms with van der Waals surface area (Å²) in [4.78, 5) is 18.7. The van der Waals surface area contributed by atoms with Crippen LogP contribution in [-0.4, -0.2) is 47.9 Å². The van der Waals surface area contributed by atoms with Crippen LogP contribution in [0.1, 0.15) is 43.2 Å². The van der Waals surface area contributed by atoms with Gasteiger partial charge >= 0.3 is 0 Å². The van der Waals surface area contributed by atoms with Crippen molar-refractivity contribution in [2.24, 2.45) is 4.99 Å². The SMILES string of the molecule is CN=C(NCCCC(=O)N1Cc2ccccc2C1)NC1CCC(SC)C1. The summed E-state index contributed by atoms with van der Waals surface area (Å²) in [7, 11) is 1.81. The lowest BCUT2D eigenvalue weighted by molar-refractivity contribution is -0.131. The Morgan fingerprint density at radius 1 is 1.27 bits per heavy atom. The second-order valence-electron chi connectivity index (χ2n) is 7.13. The van der Waals surface area contributed by atoms with Crippen LogP contribution in [0.2, 0.25) is 0 Å². The zero-order valence-corrected chi connectivity index (χ0v) is 16.6. The third-order valence-electron chi connectivity index (χ3n) is 5.34. The second-order valence-corrected chi connectivity index (χ2v) is 8.27. The van der Waals surface area contributed by atoms with Crippen molar-refractivity contribution in [3.63, 3.8) is 0 Å². The molecule has 1 aromatic rings. The standard InChI is InChI=1S/C20H30N4OS/c1-21-20(23-17-9-10-18(12-17)26-2)22-11-5-8-19(25)24-13-15-6-3-4-7-16(15)14-24/h3-4,6-7,17-18H,5,8-14H2,1-2H3,(H2,21,22,23). The monoisotopic (exact) mass is 374 g/mol. The van der Waals surface area contributed by atoms with E-state index in [0.717, 1.165) is 37.3 Å². The first-order valence-electron chi connectivity index (χ1n) is 9.54. The van der Waals surface area contributed by atoms with Crippen molar-refractivity contribution in [3.8, 4) is 0 Å². The van der Waals surface area contributed by atoms with Crippen LogP contribution in [0.15, 0.2) is 29.3 Å². The summed E-state index contributed by atoms with van der Waals surface area (Å²) in [6.45, 7) is 2.28. The fourth-order valence-electron chi connectivity index (χ4n) is 3.79. The molecule has 6 heteroatoms. The van der Waals surface area contributed by atoms with Crippen LogP contribution < -0.4 is 10.6 Å². The van der Waals surface area contributed by atoms with Crippen LogP contribution in [0.5, 0.6) is 0 Å². The number of aliphatic imine (C=N–C) groups is 1. The molecule has 0 bridgehead atoms. The van der Waals surface area contributed by atoms with Crippen LogP contribution in [-0.2, 0) is 17.9 Å². The van der Waals surface area contributed by atoms with E-state index in [4.69, 9.17) is 0 Å². The van der Waals surface area contributed by atoms with Crippen molar-refractivity contribution in [2.45, 2.75) is 56.5 Å². The smallest absolute Gasteiger partial charge is 0.223 e. The highest BCUT2D eigenvalue weighted by Crippen LogP contribution is 2.28. The Bertz CT molecular complexity index is 623. The maximum absolute atomic E-state index is 12.4. The van der Waals surface area contributed by atoms with E-state index in [-0.39, 0.29) is 5.91 Å². The molecule has 26 heavy (non-hydrogen) atoms. The average Bonchev–Trinajstić information content (AvgIpc) is 3.30. The van der Waals surface area contributed by atoms with E-state index in [1.807, 2.05) is 35.8 Å². The Labute approximate surface area is 161 Å². The Morgan fingerprint density at radius 3 is 2.62 bits per heavy atom. The normalized spacial score (nSPS) is 22.4. The minimum Gasteiger partial charge on any atom is -0.356 e. The molecule has 2 aliphatic rings. The minimum absolute atomic E-state index is 0.240. The first-order valence-corrected chi connectivity index (χ1v) is 10.8. The molecule has 1 saturated carbocycles. The topological polar surface area (TPSA) is 56.7 Å². The largest absolute Gasteiger partial charge is 0.356 e. The molecular weight excluding hydrogens is 344 g/mol. The maximum Gasteiger partial charge on any atom is 0.223 e. The number of carbonyl (C=O) groups is 1. The molecule has 2 N–H and O–H groups in total. The second kappa shape index (κ2) is 9.31. The highest BCUT2D eigenvalue weighted by Gasteiger charge is 2.25. The zero-order valence-electron chi connectivity index (χ0n) is 15.8. The average molecular weight is 375 g/mol. The van der Waals surface area contributed by atoms with Crippen molar-refractivity contribution in [1.82, 2.24) is 15.5 Å². The lowest BCUT2D eigenvalue weighted by atomic mass is 10.1. The number of nitrogens with zero attached hydrogens (tertiary/aromatic N) is 2. The number of hydrogen-bond donors (Lipinski definition) is 2. The molecule has 0 radical (unpaired) electrons. The summed E-state index contributed by atoms with van der Waals surface area (Å²) >= 11 is 1.96. The number of rotatable bonds is 6.